The second-order valence-corrected chi connectivity index (χ2v) is 6.71. The predicted octanol–water partition coefficient (Wildman–Crippen LogP) is 3.49. The highest BCUT2D eigenvalue weighted by Gasteiger charge is 2.47. The molecule has 0 saturated carbocycles. The number of carbonyl (C=O) groups excluding carboxylic acids is 2. The molecule has 0 unspecified atom stereocenters. The van der Waals surface area contributed by atoms with Gasteiger partial charge >= 0.3 is 6.18 Å². The molecule has 0 aliphatic carbocycles. The number of hydrogen-bond donors (Lipinski definition) is 1. The molecule has 4 nitrogen and oxygen atoms in total. The largest absolute Gasteiger partial charge is 0.409 e. The topological polar surface area (TPSA) is 49.4 Å². The Morgan fingerprint density at radius 2 is 1.71 bits per heavy atom. The van der Waals surface area contributed by atoms with Gasteiger partial charge < -0.3 is 10.2 Å². The van der Waals surface area contributed by atoms with Crippen molar-refractivity contribution in [3.05, 3.63) is 35.4 Å². The zero-order valence-corrected chi connectivity index (χ0v) is 14.5. The first-order valence-corrected chi connectivity index (χ1v) is 7.61. The van der Waals surface area contributed by atoms with E-state index in [0.29, 0.717) is 6.54 Å². The first kappa shape index (κ1) is 20.0. The third-order valence-electron chi connectivity index (χ3n) is 3.66. The van der Waals surface area contributed by atoms with Crippen LogP contribution < -0.4 is 5.32 Å². The van der Waals surface area contributed by atoms with Crippen molar-refractivity contribution in [3.8, 4) is 0 Å². The van der Waals surface area contributed by atoms with E-state index in [1.807, 2.05) is 5.32 Å². The van der Waals surface area contributed by atoms with Gasteiger partial charge in [0.2, 0.25) is 0 Å². The molecule has 2 amide bonds. The van der Waals surface area contributed by atoms with Crippen LogP contribution in [-0.4, -0.2) is 42.5 Å². The minimum atomic E-state index is -4.57. The molecule has 1 atom stereocenters. The maximum Gasteiger partial charge on any atom is 0.409 e. The fraction of sp³-hybridized carbons (Fsp3) is 0.529. The standard InChI is InChI=1S/C17H23F3N2O2/c1-6-22(5)14(24)12-9-7-8-11(10-12)13(23)21-15(16(2,3)4)17(18,19)20/h7-10,15H,6H2,1-5H3,(H,21,23)/t15-/m0/s1. The molecule has 0 saturated heterocycles. The molecule has 0 aliphatic heterocycles. The summed E-state index contributed by atoms with van der Waals surface area (Å²) in [6, 6.07) is 3.70. The van der Waals surface area contributed by atoms with Crippen LogP contribution in [0.25, 0.3) is 0 Å². The number of nitrogens with one attached hydrogen (secondary N) is 1. The van der Waals surface area contributed by atoms with Crippen LogP contribution in [0.15, 0.2) is 24.3 Å². The molecule has 0 aliphatic rings. The summed E-state index contributed by atoms with van der Waals surface area (Å²) in [5.74, 6) is -1.16. The fourth-order valence-electron chi connectivity index (χ4n) is 2.16. The number of carbonyl (C=O) groups is 2. The molecule has 0 heterocycles. The summed E-state index contributed by atoms with van der Waals surface area (Å²) in [7, 11) is 1.61. The molecule has 0 aromatic heterocycles. The lowest BCUT2D eigenvalue weighted by Gasteiger charge is -2.33. The summed E-state index contributed by atoms with van der Waals surface area (Å²) < 4.78 is 39.5. The molecule has 1 aromatic carbocycles. The van der Waals surface area contributed by atoms with Gasteiger partial charge in [-0.15, -0.1) is 0 Å². The van der Waals surface area contributed by atoms with E-state index in [1.165, 1.54) is 49.9 Å². The van der Waals surface area contributed by atoms with Crippen molar-refractivity contribution in [1.29, 1.82) is 0 Å². The molecule has 0 bridgehead atoms. The Kier molecular flexibility index (Phi) is 6.03. The van der Waals surface area contributed by atoms with Crippen molar-refractivity contribution in [2.24, 2.45) is 5.41 Å². The summed E-state index contributed by atoms with van der Waals surface area (Å²) in [6.07, 6.45) is -4.57. The molecule has 1 rings (SSSR count). The Bertz CT molecular complexity index is 593. The van der Waals surface area contributed by atoms with E-state index in [4.69, 9.17) is 0 Å². The number of nitrogens with zero attached hydrogens (tertiary/aromatic N) is 1. The van der Waals surface area contributed by atoms with Gasteiger partial charge in [0.25, 0.3) is 11.8 Å². The van der Waals surface area contributed by atoms with E-state index in [2.05, 4.69) is 0 Å². The Morgan fingerprint density at radius 3 is 2.17 bits per heavy atom. The molecular weight excluding hydrogens is 321 g/mol. The Balaban J connectivity index is 3.06. The molecule has 0 fully saturated rings. The monoisotopic (exact) mass is 344 g/mol. The van der Waals surface area contributed by atoms with E-state index in [1.54, 1.807) is 14.0 Å². The quantitative estimate of drug-likeness (QED) is 0.909. The van der Waals surface area contributed by atoms with Gasteiger partial charge in [0.1, 0.15) is 6.04 Å². The highest BCUT2D eigenvalue weighted by atomic mass is 19.4. The van der Waals surface area contributed by atoms with Crippen LogP contribution in [0.5, 0.6) is 0 Å². The van der Waals surface area contributed by atoms with Gasteiger partial charge in [-0.05, 0) is 30.5 Å². The lowest BCUT2D eigenvalue weighted by Crippen LogP contribution is -2.53. The van der Waals surface area contributed by atoms with Crippen LogP contribution >= 0.6 is 0 Å². The molecule has 1 aromatic rings. The average molecular weight is 344 g/mol. The highest BCUT2D eigenvalue weighted by Crippen LogP contribution is 2.33. The SMILES string of the molecule is CCN(C)C(=O)c1cccc(C(=O)N[C@@H](C(C)(C)C)C(F)(F)F)c1. The summed E-state index contributed by atoms with van der Waals surface area (Å²) in [6.45, 7) is 6.49. The fourth-order valence-corrected chi connectivity index (χ4v) is 2.16. The van der Waals surface area contributed by atoms with E-state index in [0.717, 1.165) is 0 Å². The van der Waals surface area contributed by atoms with Crippen LogP contribution in [-0.2, 0) is 0 Å². The van der Waals surface area contributed by atoms with Crippen LogP contribution in [0.1, 0.15) is 48.4 Å². The Hall–Kier alpha value is -2.05. The molecule has 0 radical (unpaired) electrons. The summed E-state index contributed by atoms with van der Waals surface area (Å²) in [5.41, 5.74) is -0.917. The highest BCUT2D eigenvalue weighted by molar-refractivity contribution is 5.99. The summed E-state index contributed by atoms with van der Waals surface area (Å²) in [5, 5.41) is 2.03. The maximum absolute atomic E-state index is 13.2. The molecule has 1 N–H and O–H groups in total. The van der Waals surface area contributed by atoms with Crippen LogP contribution in [0.3, 0.4) is 0 Å². The van der Waals surface area contributed by atoms with Crippen LogP contribution in [0.2, 0.25) is 0 Å². The molecular formula is C17H23F3N2O2. The first-order valence-electron chi connectivity index (χ1n) is 7.61. The molecule has 134 valence electrons. The van der Waals surface area contributed by atoms with Gasteiger partial charge in [-0.2, -0.15) is 13.2 Å². The minimum absolute atomic E-state index is 0.0175. The molecule has 0 spiro atoms. The van der Waals surface area contributed by atoms with E-state index in [-0.39, 0.29) is 17.0 Å². The van der Waals surface area contributed by atoms with E-state index < -0.39 is 23.5 Å². The van der Waals surface area contributed by atoms with Crippen molar-refractivity contribution in [3.63, 3.8) is 0 Å². The third kappa shape index (κ3) is 4.97. The number of rotatable bonds is 4. The molecule has 24 heavy (non-hydrogen) atoms. The normalized spacial score (nSPS) is 13.3. The van der Waals surface area contributed by atoms with Crippen molar-refractivity contribution in [2.45, 2.75) is 39.9 Å². The first-order chi connectivity index (χ1) is 10.9. The molecule has 7 heteroatoms. The minimum Gasteiger partial charge on any atom is -0.342 e. The second kappa shape index (κ2) is 7.23. The Labute approximate surface area is 140 Å². The van der Waals surface area contributed by atoms with E-state index in [9.17, 15) is 22.8 Å². The van der Waals surface area contributed by atoms with Crippen LogP contribution in [0, 0.1) is 5.41 Å². The Morgan fingerprint density at radius 1 is 1.17 bits per heavy atom. The lowest BCUT2D eigenvalue weighted by molar-refractivity contribution is -0.174. The predicted molar refractivity (Wildman–Crippen MR) is 85.8 cm³/mol. The number of hydrogen-bond acceptors (Lipinski definition) is 2. The zero-order valence-electron chi connectivity index (χ0n) is 14.5. The number of benzene rings is 1. The van der Waals surface area contributed by atoms with E-state index >= 15 is 0 Å². The van der Waals surface area contributed by atoms with Gasteiger partial charge in [0.15, 0.2) is 0 Å². The van der Waals surface area contributed by atoms with Crippen molar-refractivity contribution in [2.75, 3.05) is 13.6 Å². The summed E-state index contributed by atoms with van der Waals surface area (Å²) in [4.78, 5) is 25.8. The lowest BCUT2D eigenvalue weighted by atomic mass is 9.86. The smallest absolute Gasteiger partial charge is 0.342 e. The van der Waals surface area contributed by atoms with Gasteiger partial charge in [0, 0.05) is 24.7 Å². The third-order valence-corrected chi connectivity index (χ3v) is 3.66. The van der Waals surface area contributed by atoms with Crippen molar-refractivity contribution >= 4 is 11.8 Å². The number of amides is 2. The second-order valence-electron chi connectivity index (χ2n) is 6.71. The van der Waals surface area contributed by atoms with Gasteiger partial charge in [0.05, 0.1) is 0 Å². The number of alkyl halides is 3. The zero-order chi connectivity index (χ0) is 18.7. The van der Waals surface area contributed by atoms with Crippen LogP contribution in [0.4, 0.5) is 13.2 Å². The summed E-state index contributed by atoms with van der Waals surface area (Å²) >= 11 is 0. The average Bonchev–Trinajstić information content (AvgIpc) is 2.48. The van der Waals surface area contributed by atoms with Crippen molar-refractivity contribution in [1.82, 2.24) is 10.2 Å². The number of halogens is 3. The van der Waals surface area contributed by atoms with Crippen molar-refractivity contribution < 1.29 is 22.8 Å². The van der Waals surface area contributed by atoms with Gasteiger partial charge in [-0.3, -0.25) is 9.59 Å². The maximum atomic E-state index is 13.2. The van der Waals surface area contributed by atoms with Gasteiger partial charge in [-0.1, -0.05) is 26.8 Å². The van der Waals surface area contributed by atoms with Gasteiger partial charge in [-0.25, -0.2) is 0 Å².